The Hall–Kier alpha value is -1.12. The molecule has 0 saturated carbocycles. The molecule has 114 valence electrons. The zero-order valence-electron chi connectivity index (χ0n) is 14.1. The zero-order chi connectivity index (χ0) is 15.6. The summed E-state index contributed by atoms with van der Waals surface area (Å²) in [6.45, 7) is 14.6. The van der Waals surface area contributed by atoms with Crippen LogP contribution >= 0.6 is 11.3 Å². The van der Waals surface area contributed by atoms with E-state index in [4.69, 9.17) is 0 Å². The van der Waals surface area contributed by atoms with Crippen LogP contribution < -0.4 is 5.32 Å². The van der Waals surface area contributed by atoms with Crippen molar-refractivity contribution < 1.29 is 0 Å². The van der Waals surface area contributed by atoms with Gasteiger partial charge in [0.05, 0.1) is 6.04 Å². The van der Waals surface area contributed by atoms with Crippen molar-refractivity contribution in [2.45, 2.75) is 54.0 Å². The van der Waals surface area contributed by atoms with Crippen LogP contribution in [-0.2, 0) is 0 Å². The van der Waals surface area contributed by atoms with E-state index in [9.17, 15) is 0 Å². The summed E-state index contributed by atoms with van der Waals surface area (Å²) in [6, 6.07) is 2.57. The summed E-state index contributed by atoms with van der Waals surface area (Å²) in [7, 11) is 0. The largest absolute Gasteiger partial charge is 0.306 e. The van der Waals surface area contributed by atoms with Gasteiger partial charge in [-0.2, -0.15) is 11.3 Å². The predicted molar refractivity (Wildman–Crippen MR) is 94.6 cm³/mol. The van der Waals surface area contributed by atoms with Crippen LogP contribution in [0.1, 0.15) is 58.3 Å². The van der Waals surface area contributed by atoms with Crippen LogP contribution in [0.25, 0.3) is 0 Å². The smallest absolute Gasteiger partial charge is 0.0590 e. The fourth-order valence-electron chi connectivity index (χ4n) is 3.08. The van der Waals surface area contributed by atoms with Crippen molar-refractivity contribution >= 4 is 11.3 Å². The van der Waals surface area contributed by atoms with E-state index in [1.165, 1.54) is 38.9 Å². The van der Waals surface area contributed by atoms with E-state index < -0.39 is 0 Å². The van der Waals surface area contributed by atoms with Gasteiger partial charge in [0.15, 0.2) is 0 Å². The van der Waals surface area contributed by atoms with Gasteiger partial charge < -0.3 is 5.32 Å². The van der Waals surface area contributed by atoms with Crippen LogP contribution in [0.2, 0.25) is 0 Å². The van der Waals surface area contributed by atoms with Crippen molar-refractivity contribution in [1.29, 1.82) is 0 Å². The molecular weight excluding hydrogens is 274 g/mol. The lowest BCUT2D eigenvalue weighted by Crippen LogP contribution is -2.25. The summed E-state index contributed by atoms with van der Waals surface area (Å²) in [4.78, 5) is 0. The summed E-state index contributed by atoms with van der Waals surface area (Å²) in [5, 5.41) is 8.20. The Bertz CT molecular complexity index is 582. The normalized spacial score (nSPS) is 12.7. The Morgan fingerprint density at radius 1 is 0.952 bits per heavy atom. The number of nitrogens with one attached hydrogen (secondary N) is 1. The fraction of sp³-hybridized carbons (Fsp3) is 0.474. The van der Waals surface area contributed by atoms with Gasteiger partial charge in [-0.3, -0.25) is 0 Å². The molecular formula is C19H27NS. The molecule has 1 aromatic carbocycles. The van der Waals surface area contributed by atoms with E-state index in [1.54, 1.807) is 11.3 Å². The summed E-state index contributed by atoms with van der Waals surface area (Å²) in [5.74, 6) is 0. The topological polar surface area (TPSA) is 12.0 Å². The van der Waals surface area contributed by atoms with Crippen LogP contribution in [0.5, 0.6) is 0 Å². The SMILES string of the molecule is CCCNC(c1ccsc1)c1c(C)c(C)c(C)c(C)c1C. The van der Waals surface area contributed by atoms with Gasteiger partial charge in [-0.25, -0.2) is 0 Å². The van der Waals surface area contributed by atoms with Crippen LogP contribution in [0.3, 0.4) is 0 Å². The standard InChI is InChI=1S/C19H27NS/c1-7-9-20-19(17-8-10-21-11-17)18-15(5)13(3)12(2)14(4)16(18)6/h8,10-11,19-20H,7,9H2,1-6H3. The lowest BCUT2D eigenvalue weighted by molar-refractivity contribution is 0.594. The van der Waals surface area contributed by atoms with Gasteiger partial charge >= 0.3 is 0 Å². The number of rotatable bonds is 5. The Labute approximate surface area is 133 Å². The molecule has 1 unspecified atom stereocenters. The third-order valence-corrected chi connectivity index (χ3v) is 5.52. The highest BCUT2D eigenvalue weighted by atomic mass is 32.1. The molecule has 0 radical (unpaired) electrons. The highest BCUT2D eigenvalue weighted by Crippen LogP contribution is 2.34. The van der Waals surface area contributed by atoms with Gasteiger partial charge in [0.2, 0.25) is 0 Å². The Morgan fingerprint density at radius 3 is 2.00 bits per heavy atom. The van der Waals surface area contributed by atoms with Crippen LogP contribution in [-0.4, -0.2) is 6.54 Å². The molecule has 2 rings (SSSR count). The Morgan fingerprint density at radius 2 is 1.52 bits per heavy atom. The maximum absolute atomic E-state index is 3.75. The minimum absolute atomic E-state index is 0.314. The summed E-state index contributed by atoms with van der Waals surface area (Å²) >= 11 is 1.78. The average molecular weight is 301 g/mol. The monoisotopic (exact) mass is 301 g/mol. The summed E-state index contributed by atoms with van der Waals surface area (Å²) in [5.41, 5.74) is 10.1. The van der Waals surface area contributed by atoms with E-state index >= 15 is 0 Å². The first-order valence-corrected chi connectivity index (χ1v) is 8.75. The van der Waals surface area contributed by atoms with Crippen LogP contribution in [0, 0.1) is 34.6 Å². The van der Waals surface area contributed by atoms with Gasteiger partial charge in [-0.05, 0) is 103 Å². The van der Waals surface area contributed by atoms with Crippen molar-refractivity contribution in [3.8, 4) is 0 Å². The summed E-state index contributed by atoms with van der Waals surface area (Å²) < 4.78 is 0. The molecule has 0 bridgehead atoms. The highest BCUT2D eigenvalue weighted by Gasteiger charge is 2.21. The molecule has 1 nitrogen and oxygen atoms in total. The molecule has 0 aliphatic carbocycles. The molecule has 1 atom stereocenters. The van der Waals surface area contributed by atoms with Crippen LogP contribution in [0.15, 0.2) is 16.8 Å². The molecule has 1 N–H and O–H groups in total. The second-order valence-electron chi connectivity index (χ2n) is 5.98. The molecule has 0 spiro atoms. The van der Waals surface area contributed by atoms with Crippen molar-refractivity contribution in [2.24, 2.45) is 0 Å². The first-order chi connectivity index (χ1) is 9.99. The molecule has 1 heterocycles. The third-order valence-electron chi connectivity index (χ3n) is 4.82. The third kappa shape index (κ3) is 3.07. The minimum Gasteiger partial charge on any atom is -0.306 e. The molecule has 0 aliphatic rings. The second-order valence-corrected chi connectivity index (χ2v) is 6.76. The van der Waals surface area contributed by atoms with Gasteiger partial charge in [0, 0.05) is 0 Å². The van der Waals surface area contributed by atoms with Crippen LogP contribution in [0.4, 0.5) is 0 Å². The lowest BCUT2D eigenvalue weighted by Gasteiger charge is -2.26. The fourth-order valence-corrected chi connectivity index (χ4v) is 3.76. The second kappa shape index (κ2) is 6.76. The van der Waals surface area contributed by atoms with Gasteiger partial charge in [-0.15, -0.1) is 0 Å². The van der Waals surface area contributed by atoms with E-state index in [1.807, 2.05) is 0 Å². The molecule has 2 heteroatoms. The summed E-state index contributed by atoms with van der Waals surface area (Å²) in [6.07, 6.45) is 1.16. The molecule has 21 heavy (non-hydrogen) atoms. The maximum Gasteiger partial charge on any atom is 0.0590 e. The minimum atomic E-state index is 0.314. The molecule has 1 aromatic heterocycles. The number of benzene rings is 1. The molecule has 0 amide bonds. The Balaban J connectivity index is 2.60. The van der Waals surface area contributed by atoms with Gasteiger partial charge in [0.1, 0.15) is 0 Å². The number of hydrogen-bond acceptors (Lipinski definition) is 2. The predicted octanol–water partition coefficient (Wildman–Crippen LogP) is 5.38. The van der Waals surface area contributed by atoms with Crippen molar-refractivity contribution in [1.82, 2.24) is 5.32 Å². The van der Waals surface area contributed by atoms with E-state index in [0.717, 1.165) is 13.0 Å². The number of thiophene rings is 1. The van der Waals surface area contributed by atoms with Crippen molar-refractivity contribution in [2.75, 3.05) is 6.54 Å². The first kappa shape index (κ1) is 16.3. The zero-order valence-corrected chi connectivity index (χ0v) is 14.9. The first-order valence-electron chi connectivity index (χ1n) is 7.81. The Kier molecular flexibility index (Phi) is 5.23. The molecule has 0 saturated heterocycles. The maximum atomic E-state index is 3.75. The average Bonchev–Trinajstić information content (AvgIpc) is 3.00. The van der Waals surface area contributed by atoms with E-state index in [2.05, 4.69) is 63.7 Å². The quantitative estimate of drug-likeness (QED) is 0.782. The molecule has 2 aromatic rings. The van der Waals surface area contributed by atoms with E-state index in [-0.39, 0.29) is 0 Å². The molecule has 0 fully saturated rings. The number of hydrogen-bond donors (Lipinski definition) is 1. The molecule has 0 aliphatic heterocycles. The van der Waals surface area contributed by atoms with Crippen molar-refractivity contribution in [3.05, 3.63) is 55.8 Å². The van der Waals surface area contributed by atoms with Gasteiger partial charge in [-0.1, -0.05) is 6.92 Å². The lowest BCUT2D eigenvalue weighted by atomic mass is 9.84. The van der Waals surface area contributed by atoms with Crippen molar-refractivity contribution in [3.63, 3.8) is 0 Å². The van der Waals surface area contributed by atoms with E-state index in [0.29, 0.717) is 6.04 Å². The highest BCUT2D eigenvalue weighted by molar-refractivity contribution is 7.08. The van der Waals surface area contributed by atoms with Gasteiger partial charge in [0.25, 0.3) is 0 Å².